The minimum absolute atomic E-state index is 0.0287. The van der Waals surface area contributed by atoms with Gasteiger partial charge in [0.25, 0.3) is 0 Å². The molecule has 0 unspecified atom stereocenters. The Morgan fingerprint density at radius 3 is 2.63 bits per heavy atom. The highest BCUT2D eigenvalue weighted by Gasteiger charge is 2.31. The third-order valence-corrected chi connectivity index (χ3v) is 4.12. The molecule has 1 atom stereocenters. The molecule has 1 saturated carbocycles. The molecule has 19 heavy (non-hydrogen) atoms. The largest absolute Gasteiger partial charge is 0.446 e. The maximum atomic E-state index is 11.6. The maximum absolute atomic E-state index is 11.6. The van der Waals surface area contributed by atoms with Crippen LogP contribution in [0.3, 0.4) is 0 Å². The van der Waals surface area contributed by atoms with Crippen molar-refractivity contribution in [3.63, 3.8) is 0 Å². The van der Waals surface area contributed by atoms with E-state index in [-0.39, 0.29) is 12.0 Å². The Hall–Kier alpha value is -1.26. The topological polar surface area (TPSA) is 67.4 Å². The summed E-state index contributed by atoms with van der Waals surface area (Å²) in [5.74, 6) is 0.681. The molecular weight excluding hydrogens is 244 g/mol. The van der Waals surface area contributed by atoms with Crippen LogP contribution in [0.1, 0.15) is 51.9 Å². The molecule has 2 rings (SSSR count). The highest BCUT2D eigenvalue weighted by molar-refractivity contribution is 5.90. The molecule has 5 heteroatoms. The molecule has 2 N–H and O–H groups in total. The highest BCUT2D eigenvalue weighted by atomic mass is 16.6. The molecule has 1 saturated heterocycles. The zero-order valence-electron chi connectivity index (χ0n) is 11.6. The van der Waals surface area contributed by atoms with Crippen molar-refractivity contribution in [1.82, 2.24) is 10.6 Å². The van der Waals surface area contributed by atoms with Gasteiger partial charge in [0.15, 0.2) is 0 Å². The fourth-order valence-electron chi connectivity index (χ4n) is 2.76. The van der Waals surface area contributed by atoms with Crippen LogP contribution in [0.4, 0.5) is 4.79 Å². The monoisotopic (exact) mass is 268 g/mol. The predicted octanol–water partition coefficient (Wildman–Crippen LogP) is 1.96. The Morgan fingerprint density at radius 2 is 2.11 bits per heavy atom. The van der Waals surface area contributed by atoms with Crippen LogP contribution < -0.4 is 10.6 Å². The second-order valence-corrected chi connectivity index (χ2v) is 5.63. The Morgan fingerprint density at radius 1 is 1.37 bits per heavy atom. The number of unbranched alkanes of at least 4 members (excludes halogenated alkanes) is 1. The number of nitrogens with one attached hydrogen (secondary N) is 2. The van der Waals surface area contributed by atoms with Crippen LogP contribution in [-0.4, -0.2) is 30.7 Å². The molecule has 1 aliphatic heterocycles. The van der Waals surface area contributed by atoms with Crippen molar-refractivity contribution in [3.8, 4) is 0 Å². The summed E-state index contributed by atoms with van der Waals surface area (Å²) >= 11 is 0. The van der Waals surface area contributed by atoms with Gasteiger partial charge in [0.05, 0.1) is 0 Å². The molecule has 2 fully saturated rings. The van der Waals surface area contributed by atoms with Gasteiger partial charge in [0.2, 0.25) is 5.91 Å². The van der Waals surface area contributed by atoms with E-state index < -0.39 is 12.1 Å². The summed E-state index contributed by atoms with van der Waals surface area (Å²) in [7, 11) is 0. The summed E-state index contributed by atoms with van der Waals surface area (Å²) in [6.07, 6.45) is 7.66. The number of β-lactam (4-membered cyclic amide) rings is 1. The van der Waals surface area contributed by atoms with Crippen molar-refractivity contribution in [2.24, 2.45) is 5.92 Å². The minimum Gasteiger partial charge on any atom is -0.446 e. The molecule has 0 aromatic rings. The summed E-state index contributed by atoms with van der Waals surface area (Å²) < 4.78 is 5.37. The van der Waals surface area contributed by atoms with Gasteiger partial charge in [-0.15, -0.1) is 0 Å². The summed E-state index contributed by atoms with van der Waals surface area (Å²) in [5.41, 5.74) is 0. The van der Waals surface area contributed by atoms with Crippen LogP contribution in [0.5, 0.6) is 0 Å². The van der Waals surface area contributed by atoms with Crippen molar-refractivity contribution in [2.75, 3.05) is 6.54 Å². The van der Waals surface area contributed by atoms with E-state index in [1.165, 1.54) is 19.3 Å². The third kappa shape index (κ3) is 4.11. The van der Waals surface area contributed by atoms with E-state index in [4.69, 9.17) is 4.74 Å². The van der Waals surface area contributed by atoms with Crippen molar-refractivity contribution in [1.29, 1.82) is 0 Å². The highest BCUT2D eigenvalue weighted by Crippen LogP contribution is 2.29. The molecule has 1 heterocycles. The molecular formula is C14H24N2O3. The van der Waals surface area contributed by atoms with E-state index in [1.807, 2.05) is 0 Å². The van der Waals surface area contributed by atoms with Gasteiger partial charge in [-0.25, -0.2) is 4.79 Å². The lowest BCUT2D eigenvalue weighted by atomic mass is 9.84. The average Bonchev–Trinajstić information content (AvgIpc) is 2.42. The van der Waals surface area contributed by atoms with Crippen molar-refractivity contribution < 1.29 is 14.3 Å². The van der Waals surface area contributed by atoms with Gasteiger partial charge in [0, 0.05) is 6.54 Å². The van der Waals surface area contributed by atoms with Crippen LogP contribution >= 0.6 is 0 Å². The summed E-state index contributed by atoms with van der Waals surface area (Å²) in [6, 6.07) is -0.395. The number of alkyl carbamates (subject to hydrolysis) is 1. The fraction of sp³-hybridized carbons (Fsp3) is 0.857. The molecule has 0 spiro atoms. The van der Waals surface area contributed by atoms with Gasteiger partial charge >= 0.3 is 6.09 Å². The van der Waals surface area contributed by atoms with E-state index in [1.54, 1.807) is 0 Å². The van der Waals surface area contributed by atoms with E-state index in [0.29, 0.717) is 6.54 Å². The number of amides is 2. The number of carbonyl (C=O) groups is 2. The van der Waals surface area contributed by atoms with Crippen LogP contribution in [-0.2, 0) is 9.53 Å². The quantitative estimate of drug-likeness (QED) is 0.749. The second kappa shape index (κ2) is 6.78. The number of hydrogen-bond acceptors (Lipinski definition) is 3. The van der Waals surface area contributed by atoms with Crippen molar-refractivity contribution in [2.45, 2.75) is 64.0 Å². The average molecular weight is 268 g/mol. The smallest absolute Gasteiger partial charge is 0.408 e. The predicted molar refractivity (Wildman–Crippen MR) is 71.7 cm³/mol. The molecule has 0 radical (unpaired) electrons. The van der Waals surface area contributed by atoms with E-state index >= 15 is 0 Å². The fourth-order valence-corrected chi connectivity index (χ4v) is 2.76. The lowest BCUT2D eigenvalue weighted by molar-refractivity contribution is -0.128. The first-order valence-corrected chi connectivity index (χ1v) is 7.44. The van der Waals surface area contributed by atoms with E-state index in [0.717, 1.165) is 31.6 Å². The molecule has 108 valence electrons. The van der Waals surface area contributed by atoms with Crippen LogP contribution in [0.25, 0.3) is 0 Å². The van der Waals surface area contributed by atoms with Gasteiger partial charge in [-0.1, -0.05) is 26.2 Å². The van der Waals surface area contributed by atoms with Gasteiger partial charge in [-0.3, -0.25) is 4.79 Å². The molecule has 2 aliphatic rings. The zero-order valence-corrected chi connectivity index (χ0v) is 11.6. The van der Waals surface area contributed by atoms with Crippen molar-refractivity contribution >= 4 is 12.0 Å². The Labute approximate surface area is 114 Å². The molecule has 1 aliphatic carbocycles. The minimum atomic E-state index is -0.447. The van der Waals surface area contributed by atoms with Gasteiger partial charge in [-0.05, 0) is 31.6 Å². The third-order valence-electron chi connectivity index (χ3n) is 4.12. The normalized spacial score (nSPS) is 30.2. The Kier molecular flexibility index (Phi) is 5.05. The van der Waals surface area contributed by atoms with Gasteiger partial charge in [0.1, 0.15) is 12.1 Å². The SMILES string of the molecule is CCCC[C@H]1CC[C@H](OC(=O)N[C@H]2CNC2=O)CC1. The summed E-state index contributed by atoms with van der Waals surface area (Å²) in [5, 5.41) is 5.17. The van der Waals surface area contributed by atoms with E-state index in [2.05, 4.69) is 17.6 Å². The van der Waals surface area contributed by atoms with E-state index in [9.17, 15) is 9.59 Å². The first kappa shape index (κ1) is 14.2. The molecule has 5 nitrogen and oxygen atoms in total. The first-order valence-electron chi connectivity index (χ1n) is 7.44. The van der Waals surface area contributed by atoms with Crippen molar-refractivity contribution in [3.05, 3.63) is 0 Å². The Balaban J connectivity index is 1.62. The number of carbonyl (C=O) groups excluding carboxylic acids is 2. The maximum Gasteiger partial charge on any atom is 0.408 e. The summed E-state index contributed by atoms with van der Waals surface area (Å²) in [6.45, 7) is 2.73. The number of rotatable bonds is 5. The molecule has 2 amide bonds. The first-order chi connectivity index (χ1) is 9.19. The molecule has 0 aromatic heterocycles. The lowest BCUT2D eigenvalue weighted by Crippen LogP contribution is -2.62. The standard InChI is InChI=1S/C14H24N2O3/c1-2-3-4-10-5-7-11(8-6-10)19-14(18)16-12-9-15-13(12)17/h10-12H,2-9H2,1H3,(H,15,17)(H,16,18)/t10-,11-,12-/m0/s1. The van der Waals surface area contributed by atoms with Crippen LogP contribution in [0.15, 0.2) is 0 Å². The van der Waals surface area contributed by atoms with Crippen LogP contribution in [0, 0.1) is 5.92 Å². The number of ether oxygens (including phenoxy) is 1. The summed E-state index contributed by atoms with van der Waals surface area (Å²) in [4.78, 5) is 22.6. The zero-order chi connectivity index (χ0) is 13.7. The van der Waals surface area contributed by atoms with Gasteiger partial charge in [-0.2, -0.15) is 0 Å². The lowest BCUT2D eigenvalue weighted by Gasteiger charge is -2.30. The molecule has 0 bridgehead atoms. The number of hydrogen-bond donors (Lipinski definition) is 2. The second-order valence-electron chi connectivity index (χ2n) is 5.63. The molecule has 0 aromatic carbocycles. The Bertz CT molecular complexity index is 325. The van der Waals surface area contributed by atoms with Crippen LogP contribution in [0.2, 0.25) is 0 Å². The van der Waals surface area contributed by atoms with Gasteiger partial charge < -0.3 is 15.4 Å².